The van der Waals surface area contributed by atoms with Gasteiger partial charge in [-0.25, -0.2) is 0 Å². The molecule has 3 rings (SSSR count). The molecule has 0 saturated heterocycles. The summed E-state index contributed by atoms with van der Waals surface area (Å²) >= 11 is 0. The van der Waals surface area contributed by atoms with Crippen LogP contribution >= 0.6 is 9.24 Å². The van der Waals surface area contributed by atoms with Crippen LogP contribution in [0.2, 0.25) is 0 Å². The highest BCUT2D eigenvalue weighted by atomic mass is 31.0. The third-order valence-electron chi connectivity index (χ3n) is 7.46. The number of unbranched alkanes of at least 4 members (excludes halogenated alkanes) is 7. The molecule has 0 N–H and O–H groups in total. The van der Waals surface area contributed by atoms with Crippen molar-refractivity contribution < 1.29 is 0 Å². The lowest BCUT2D eigenvalue weighted by molar-refractivity contribution is 0.522. The molecule has 0 heterocycles. The molecular formula is C36H51P. The SMILES string of the molecule is CC(C)(C)c1c(CCCCCCCCCCP)cc(-c2ccccc2)c(-c2ccccc2)c1C(C)(C)C. The Bertz CT molecular complexity index is 1080. The number of rotatable bonds is 12. The first-order valence-electron chi connectivity index (χ1n) is 14.7. The molecule has 3 aromatic rings. The predicted octanol–water partition coefficient (Wildman–Crippen LogP) is 11.2. The summed E-state index contributed by atoms with van der Waals surface area (Å²) in [5, 5.41) is 0. The van der Waals surface area contributed by atoms with Gasteiger partial charge in [0.2, 0.25) is 0 Å². The van der Waals surface area contributed by atoms with E-state index in [0.29, 0.717) is 0 Å². The standard InChI is InChI=1S/C36H51P/c1-35(2,3)33-30(25-15-11-9-7-8-10-12-20-26-37)27-31(28-21-16-13-17-22-28)32(34(33)36(4,5)6)29-23-18-14-19-24-29/h13-14,16-19,21-24,27H,7-12,15,20,25-26,37H2,1-6H3. The minimum Gasteiger partial charge on any atom is -0.138 e. The second-order valence-corrected chi connectivity index (χ2v) is 13.4. The first-order valence-corrected chi connectivity index (χ1v) is 15.5. The zero-order chi connectivity index (χ0) is 26.9. The quantitative estimate of drug-likeness (QED) is 0.166. The summed E-state index contributed by atoms with van der Waals surface area (Å²) in [7, 11) is 2.85. The van der Waals surface area contributed by atoms with Gasteiger partial charge in [0, 0.05) is 0 Å². The van der Waals surface area contributed by atoms with E-state index in [4.69, 9.17) is 0 Å². The van der Waals surface area contributed by atoms with Crippen molar-refractivity contribution in [3.05, 3.63) is 83.4 Å². The Morgan fingerprint density at radius 2 is 1.00 bits per heavy atom. The van der Waals surface area contributed by atoms with Crippen molar-refractivity contribution in [3.63, 3.8) is 0 Å². The van der Waals surface area contributed by atoms with Gasteiger partial charge in [0.05, 0.1) is 0 Å². The van der Waals surface area contributed by atoms with Crippen molar-refractivity contribution >= 4 is 9.24 Å². The molecule has 0 aliphatic carbocycles. The van der Waals surface area contributed by atoms with Gasteiger partial charge in [-0.3, -0.25) is 0 Å². The first kappa shape index (κ1) is 29.6. The van der Waals surface area contributed by atoms with E-state index in [-0.39, 0.29) is 10.8 Å². The number of benzene rings is 3. The van der Waals surface area contributed by atoms with E-state index in [1.165, 1.54) is 85.3 Å². The van der Waals surface area contributed by atoms with Crippen molar-refractivity contribution in [3.8, 4) is 22.3 Å². The van der Waals surface area contributed by atoms with Crippen LogP contribution in [-0.2, 0) is 17.3 Å². The highest BCUT2D eigenvalue weighted by Crippen LogP contribution is 2.47. The molecule has 0 saturated carbocycles. The lowest BCUT2D eigenvalue weighted by Crippen LogP contribution is -2.25. The minimum absolute atomic E-state index is 0.0321. The van der Waals surface area contributed by atoms with Gasteiger partial charge in [0.25, 0.3) is 0 Å². The molecule has 1 atom stereocenters. The summed E-state index contributed by atoms with van der Waals surface area (Å²) in [6, 6.07) is 24.7. The molecule has 0 aromatic heterocycles. The Labute approximate surface area is 230 Å². The van der Waals surface area contributed by atoms with Crippen LogP contribution in [-0.4, -0.2) is 6.16 Å². The van der Waals surface area contributed by atoms with Crippen LogP contribution in [0.5, 0.6) is 0 Å². The van der Waals surface area contributed by atoms with E-state index in [9.17, 15) is 0 Å². The van der Waals surface area contributed by atoms with Crippen molar-refractivity contribution in [2.45, 2.75) is 110 Å². The van der Waals surface area contributed by atoms with E-state index < -0.39 is 0 Å². The molecule has 3 aromatic carbocycles. The van der Waals surface area contributed by atoms with Gasteiger partial charge in [0.15, 0.2) is 0 Å². The number of hydrogen-bond acceptors (Lipinski definition) is 0. The topological polar surface area (TPSA) is 0 Å². The summed E-state index contributed by atoms with van der Waals surface area (Å²) in [6.45, 7) is 14.4. The normalized spacial score (nSPS) is 12.2. The maximum absolute atomic E-state index is 2.85. The summed E-state index contributed by atoms with van der Waals surface area (Å²) < 4.78 is 0. The van der Waals surface area contributed by atoms with Crippen molar-refractivity contribution in [1.82, 2.24) is 0 Å². The molecule has 0 spiro atoms. The zero-order valence-electron chi connectivity index (χ0n) is 24.5. The molecule has 0 amide bonds. The molecule has 0 radical (unpaired) electrons. The Kier molecular flexibility index (Phi) is 11.0. The summed E-state index contributed by atoms with van der Waals surface area (Å²) in [5.41, 5.74) is 10.2. The molecule has 0 nitrogen and oxygen atoms in total. The molecule has 0 aliphatic rings. The predicted molar refractivity (Wildman–Crippen MR) is 170 cm³/mol. The smallest absolute Gasteiger partial charge is 0.00648 e. The minimum atomic E-state index is 0.0321. The number of hydrogen-bond donors (Lipinski definition) is 0. The van der Waals surface area contributed by atoms with Crippen LogP contribution in [0.4, 0.5) is 0 Å². The Morgan fingerprint density at radius 1 is 0.541 bits per heavy atom. The maximum Gasteiger partial charge on any atom is -0.00648 e. The summed E-state index contributed by atoms with van der Waals surface area (Å²) in [4.78, 5) is 0. The molecule has 0 aliphatic heterocycles. The average Bonchev–Trinajstić information content (AvgIpc) is 2.86. The van der Waals surface area contributed by atoms with E-state index >= 15 is 0 Å². The summed E-state index contributed by atoms with van der Waals surface area (Å²) in [5.74, 6) is 0. The van der Waals surface area contributed by atoms with Crippen LogP contribution in [0.15, 0.2) is 66.7 Å². The third-order valence-corrected chi connectivity index (χ3v) is 7.86. The fourth-order valence-electron chi connectivity index (χ4n) is 5.81. The van der Waals surface area contributed by atoms with Gasteiger partial charge in [-0.15, -0.1) is 9.24 Å². The molecule has 0 bridgehead atoms. The largest absolute Gasteiger partial charge is 0.138 e. The molecule has 37 heavy (non-hydrogen) atoms. The molecule has 0 fully saturated rings. The monoisotopic (exact) mass is 514 g/mol. The van der Waals surface area contributed by atoms with E-state index in [0.717, 1.165) is 6.42 Å². The Balaban J connectivity index is 2.04. The van der Waals surface area contributed by atoms with Gasteiger partial charge < -0.3 is 0 Å². The van der Waals surface area contributed by atoms with Crippen molar-refractivity contribution in [2.24, 2.45) is 0 Å². The Morgan fingerprint density at radius 3 is 1.49 bits per heavy atom. The van der Waals surface area contributed by atoms with Crippen LogP contribution in [0.3, 0.4) is 0 Å². The second-order valence-electron chi connectivity index (χ2n) is 12.8. The average molecular weight is 515 g/mol. The van der Waals surface area contributed by atoms with Crippen LogP contribution in [0.1, 0.15) is 110 Å². The van der Waals surface area contributed by atoms with E-state index in [1.54, 1.807) is 11.1 Å². The van der Waals surface area contributed by atoms with Crippen molar-refractivity contribution in [1.29, 1.82) is 0 Å². The zero-order valence-corrected chi connectivity index (χ0v) is 25.7. The first-order chi connectivity index (χ1) is 17.6. The fourth-order valence-corrected chi connectivity index (χ4v) is 6.10. The van der Waals surface area contributed by atoms with Gasteiger partial charge in [0.1, 0.15) is 0 Å². The van der Waals surface area contributed by atoms with Gasteiger partial charge in [-0.2, -0.15) is 0 Å². The van der Waals surface area contributed by atoms with Crippen LogP contribution in [0.25, 0.3) is 22.3 Å². The van der Waals surface area contributed by atoms with Crippen LogP contribution < -0.4 is 0 Å². The van der Waals surface area contributed by atoms with E-state index in [1.807, 2.05) is 0 Å². The van der Waals surface area contributed by atoms with E-state index in [2.05, 4.69) is 118 Å². The number of aryl methyl sites for hydroxylation is 1. The van der Waals surface area contributed by atoms with Crippen LogP contribution in [0, 0.1) is 0 Å². The molecular weight excluding hydrogens is 463 g/mol. The maximum atomic E-state index is 2.85. The lowest BCUT2D eigenvalue weighted by atomic mass is 9.68. The van der Waals surface area contributed by atoms with Gasteiger partial charge in [-0.05, 0) is 75.2 Å². The second kappa shape index (κ2) is 13.8. The van der Waals surface area contributed by atoms with Gasteiger partial charge >= 0.3 is 0 Å². The Hall–Kier alpha value is -1.91. The third kappa shape index (κ3) is 8.29. The van der Waals surface area contributed by atoms with Crippen molar-refractivity contribution in [2.75, 3.05) is 6.16 Å². The summed E-state index contributed by atoms with van der Waals surface area (Å²) in [6.07, 6.45) is 13.3. The molecule has 1 unspecified atom stereocenters. The molecule has 1 heteroatoms. The van der Waals surface area contributed by atoms with Gasteiger partial charge in [-0.1, -0.05) is 147 Å². The highest BCUT2D eigenvalue weighted by Gasteiger charge is 2.32. The fraction of sp³-hybridized carbons (Fsp3) is 0.500. The lowest BCUT2D eigenvalue weighted by Gasteiger charge is -2.36. The molecule has 200 valence electrons. The highest BCUT2D eigenvalue weighted by molar-refractivity contribution is 7.16.